The number of hydrogen-bond donors (Lipinski definition) is 1. The van der Waals surface area contributed by atoms with Crippen molar-refractivity contribution in [1.29, 1.82) is 0 Å². The van der Waals surface area contributed by atoms with Crippen LogP contribution in [0.15, 0.2) is 0 Å². The van der Waals surface area contributed by atoms with E-state index in [4.69, 9.17) is 0 Å². The Kier molecular flexibility index (Phi) is 14.5. The number of aliphatic hydroxyl groups is 1. The average Bonchev–Trinajstić information content (AvgIpc) is 2.27. The minimum absolute atomic E-state index is 0. The third-order valence-electron chi connectivity index (χ3n) is 3.28. The molecule has 0 saturated heterocycles. The Balaban J connectivity index is 0. The van der Waals surface area contributed by atoms with Gasteiger partial charge in [-0.1, -0.05) is 58.8 Å². The van der Waals surface area contributed by atoms with Crippen LogP contribution in [-0.2, 0) is 10.1 Å². The van der Waals surface area contributed by atoms with E-state index in [9.17, 15) is 18.1 Å². The van der Waals surface area contributed by atoms with Gasteiger partial charge in [-0.15, -0.1) is 0 Å². The molecule has 1 unspecified atom stereocenters. The zero-order valence-electron chi connectivity index (χ0n) is 12.7. The molecule has 0 aromatic carbocycles. The molecule has 1 N–H and O–H groups in total. The summed E-state index contributed by atoms with van der Waals surface area (Å²) in [6.07, 6.45) is 7.90. The summed E-state index contributed by atoms with van der Waals surface area (Å²) in [7, 11) is -4.62. The summed E-state index contributed by atoms with van der Waals surface area (Å²) >= 11 is 0. The molecule has 0 bridgehead atoms. The Morgan fingerprint density at radius 2 is 1.37 bits per heavy atom. The van der Waals surface area contributed by atoms with Crippen molar-refractivity contribution in [2.45, 2.75) is 83.0 Å². The molecule has 110 valence electrons. The summed E-state index contributed by atoms with van der Waals surface area (Å²) < 4.78 is 33.1. The second kappa shape index (κ2) is 12.1. The van der Waals surface area contributed by atoms with Gasteiger partial charge in [-0.05, 0) is 19.3 Å². The molecule has 0 amide bonds. The summed E-state index contributed by atoms with van der Waals surface area (Å²) in [6.45, 7) is 3.92. The molecule has 0 heterocycles. The van der Waals surface area contributed by atoms with Crippen LogP contribution in [0.4, 0.5) is 0 Å². The van der Waals surface area contributed by atoms with Gasteiger partial charge in [-0.3, -0.25) is 0 Å². The van der Waals surface area contributed by atoms with Crippen molar-refractivity contribution < 1.29 is 69.5 Å². The molecule has 0 rings (SSSR count). The molecular formula is C13H27KO4S. The summed E-state index contributed by atoms with van der Waals surface area (Å²) in [4.78, 5) is -2.05. The Bertz CT molecular complexity index is 306. The molecule has 0 radical (unpaired) electrons. The second-order valence-electron chi connectivity index (χ2n) is 5.02. The van der Waals surface area contributed by atoms with Gasteiger partial charge in [0.2, 0.25) is 0 Å². The first kappa shape index (κ1) is 22.8. The van der Waals surface area contributed by atoms with E-state index in [2.05, 4.69) is 6.92 Å². The minimum atomic E-state index is -4.62. The smallest absolute Gasteiger partial charge is 0.746 e. The maximum atomic E-state index is 11.0. The van der Waals surface area contributed by atoms with Crippen LogP contribution in [0.5, 0.6) is 0 Å². The summed E-state index contributed by atoms with van der Waals surface area (Å²) in [5, 5.41) is 9.89. The maximum absolute atomic E-state index is 11.0. The predicted octanol–water partition coefficient (Wildman–Crippen LogP) is 0.165. The van der Waals surface area contributed by atoms with Gasteiger partial charge < -0.3 is 9.66 Å². The summed E-state index contributed by atoms with van der Waals surface area (Å²) in [5.41, 5.74) is 0. The SMILES string of the molecule is CCCCCCCCCC(O)(CCC)S(=O)(=O)[O-].[K+]. The van der Waals surface area contributed by atoms with Crippen molar-refractivity contribution >= 4 is 10.1 Å². The van der Waals surface area contributed by atoms with Crippen molar-refractivity contribution in [2.24, 2.45) is 0 Å². The fourth-order valence-electron chi connectivity index (χ4n) is 2.12. The third-order valence-corrected chi connectivity index (χ3v) is 4.62. The molecular weight excluding hydrogens is 291 g/mol. The van der Waals surface area contributed by atoms with E-state index >= 15 is 0 Å². The Labute approximate surface area is 160 Å². The van der Waals surface area contributed by atoms with Crippen LogP contribution in [0, 0.1) is 0 Å². The third kappa shape index (κ3) is 9.95. The first-order valence-corrected chi connectivity index (χ1v) is 8.46. The van der Waals surface area contributed by atoms with E-state index in [1.807, 2.05) is 0 Å². The van der Waals surface area contributed by atoms with E-state index in [-0.39, 0.29) is 64.2 Å². The summed E-state index contributed by atoms with van der Waals surface area (Å²) in [6, 6.07) is 0. The normalized spacial score (nSPS) is 14.7. The van der Waals surface area contributed by atoms with Crippen molar-refractivity contribution in [3.05, 3.63) is 0 Å². The molecule has 0 spiro atoms. The van der Waals surface area contributed by atoms with Gasteiger partial charge in [-0.25, -0.2) is 8.42 Å². The van der Waals surface area contributed by atoms with Gasteiger partial charge in [-0.2, -0.15) is 0 Å². The van der Waals surface area contributed by atoms with Crippen LogP contribution >= 0.6 is 0 Å². The number of hydrogen-bond acceptors (Lipinski definition) is 4. The average molecular weight is 319 g/mol. The fraction of sp³-hybridized carbons (Fsp3) is 1.00. The Morgan fingerprint density at radius 3 is 1.79 bits per heavy atom. The molecule has 19 heavy (non-hydrogen) atoms. The molecule has 0 fully saturated rings. The maximum Gasteiger partial charge on any atom is 1.00 e. The van der Waals surface area contributed by atoms with Gasteiger partial charge in [0.1, 0.15) is 10.1 Å². The predicted molar refractivity (Wildman–Crippen MR) is 72.2 cm³/mol. The van der Waals surface area contributed by atoms with Crippen molar-refractivity contribution in [2.75, 3.05) is 0 Å². The molecule has 0 aliphatic carbocycles. The van der Waals surface area contributed by atoms with Crippen LogP contribution in [0.25, 0.3) is 0 Å². The van der Waals surface area contributed by atoms with Crippen molar-refractivity contribution in [3.63, 3.8) is 0 Å². The first-order valence-electron chi connectivity index (χ1n) is 7.05. The molecule has 0 saturated carbocycles. The molecule has 6 heteroatoms. The minimum Gasteiger partial charge on any atom is -0.746 e. The molecule has 1 atom stereocenters. The second-order valence-corrected chi connectivity index (χ2v) is 6.69. The zero-order chi connectivity index (χ0) is 14.1. The van der Waals surface area contributed by atoms with E-state index < -0.39 is 15.1 Å². The van der Waals surface area contributed by atoms with E-state index in [1.165, 1.54) is 19.3 Å². The molecule has 0 aliphatic heterocycles. The zero-order valence-corrected chi connectivity index (χ0v) is 16.6. The largest absolute Gasteiger partial charge is 1.00 e. The van der Waals surface area contributed by atoms with Gasteiger partial charge in [0, 0.05) is 0 Å². The van der Waals surface area contributed by atoms with Gasteiger partial charge in [0.15, 0.2) is 4.93 Å². The quantitative estimate of drug-likeness (QED) is 0.334. The van der Waals surface area contributed by atoms with Gasteiger partial charge in [0.25, 0.3) is 0 Å². The van der Waals surface area contributed by atoms with Crippen LogP contribution < -0.4 is 51.4 Å². The van der Waals surface area contributed by atoms with Crippen LogP contribution in [-0.4, -0.2) is 23.0 Å². The van der Waals surface area contributed by atoms with Crippen LogP contribution in [0.2, 0.25) is 0 Å². The Morgan fingerprint density at radius 1 is 0.895 bits per heavy atom. The molecule has 4 nitrogen and oxygen atoms in total. The molecule has 0 aromatic rings. The molecule has 0 aliphatic rings. The number of rotatable bonds is 11. The fourth-order valence-corrected chi connectivity index (χ4v) is 2.97. The van der Waals surface area contributed by atoms with Crippen LogP contribution in [0.1, 0.15) is 78.1 Å². The van der Waals surface area contributed by atoms with E-state index in [0.29, 0.717) is 12.8 Å². The Hall–Kier alpha value is 1.51. The molecule has 0 aromatic heterocycles. The van der Waals surface area contributed by atoms with Crippen molar-refractivity contribution in [1.82, 2.24) is 0 Å². The summed E-state index contributed by atoms with van der Waals surface area (Å²) in [5.74, 6) is 0. The van der Waals surface area contributed by atoms with Gasteiger partial charge >= 0.3 is 51.4 Å². The van der Waals surface area contributed by atoms with E-state index in [1.54, 1.807) is 6.92 Å². The standard InChI is InChI=1S/C13H28O4S.K/c1-3-5-6-7-8-9-10-12-13(14,11-4-2)18(15,16)17;/h14H,3-12H2,1-2H3,(H,15,16,17);/q;+1/p-1. The van der Waals surface area contributed by atoms with Gasteiger partial charge in [0.05, 0.1) is 0 Å². The number of unbranched alkanes of at least 4 members (excludes halogenated alkanes) is 6. The monoisotopic (exact) mass is 318 g/mol. The first-order chi connectivity index (χ1) is 8.37. The van der Waals surface area contributed by atoms with Crippen LogP contribution in [0.3, 0.4) is 0 Å². The van der Waals surface area contributed by atoms with E-state index in [0.717, 1.165) is 19.3 Å². The topological polar surface area (TPSA) is 77.4 Å². The van der Waals surface area contributed by atoms with Crippen molar-refractivity contribution in [3.8, 4) is 0 Å².